The van der Waals surface area contributed by atoms with Crippen LogP contribution in [0.2, 0.25) is 0 Å². The number of nitrogens with two attached hydrogens (primary N) is 1. The summed E-state index contributed by atoms with van der Waals surface area (Å²) >= 11 is 0. The molecule has 0 aliphatic carbocycles. The van der Waals surface area contributed by atoms with Crippen LogP contribution >= 0.6 is 0 Å². The number of hydrogen-bond donors (Lipinski definition) is 3. The Balaban J connectivity index is 2.34. The lowest BCUT2D eigenvalue weighted by Gasteiger charge is -2.11. The van der Waals surface area contributed by atoms with E-state index < -0.39 is 0 Å². The Labute approximate surface area is 102 Å². The van der Waals surface area contributed by atoms with Gasteiger partial charge in [0.05, 0.1) is 0 Å². The van der Waals surface area contributed by atoms with Gasteiger partial charge in [-0.3, -0.25) is 4.79 Å². The van der Waals surface area contributed by atoms with Crippen molar-refractivity contribution in [3.8, 4) is 5.75 Å². The number of carbonyl (C=O) groups excluding carboxylic acids is 1. The third-order valence-corrected chi connectivity index (χ3v) is 2.69. The first-order valence-corrected chi connectivity index (χ1v) is 5.89. The van der Waals surface area contributed by atoms with Crippen molar-refractivity contribution in [2.24, 2.45) is 11.7 Å². The van der Waals surface area contributed by atoms with Crippen LogP contribution in [0.1, 0.15) is 25.3 Å². The number of hydrogen-bond acceptors (Lipinski definition) is 3. The number of amides is 1. The molecule has 17 heavy (non-hydrogen) atoms. The first kappa shape index (κ1) is 13.5. The molecule has 4 nitrogen and oxygen atoms in total. The van der Waals surface area contributed by atoms with E-state index >= 15 is 0 Å². The second kappa shape index (κ2) is 6.91. The Morgan fingerprint density at radius 2 is 2.06 bits per heavy atom. The van der Waals surface area contributed by atoms with Crippen molar-refractivity contribution in [3.05, 3.63) is 29.8 Å². The van der Waals surface area contributed by atoms with Crippen molar-refractivity contribution in [2.75, 3.05) is 6.54 Å². The van der Waals surface area contributed by atoms with Crippen molar-refractivity contribution < 1.29 is 9.90 Å². The number of nitrogens with one attached hydrogen (secondary N) is 1. The van der Waals surface area contributed by atoms with E-state index in [-0.39, 0.29) is 17.6 Å². The lowest BCUT2D eigenvalue weighted by molar-refractivity contribution is -0.124. The molecule has 1 rings (SSSR count). The van der Waals surface area contributed by atoms with Gasteiger partial charge in [-0.1, -0.05) is 19.1 Å². The average molecular weight is 236 g/mol. The summed E-state index contributed by atoms with van der Waals surface area (Å²) in [6.07, 6.45) is 1.69. The van der Waals surface area contributed by atoms with Crippen LogP contribution in [0, 0.1) is 5.92 Å². The van der Waals surface area contributed by atoms with Crippen LogP contribution in [0.15, 0.2) is 24.3 Å². The lowest BCUT2D eigenvalue weighted by atomic mass is 10.0. The predicted octanol–water partition coefficient (Wildman–Crippen LogP) is 1.38. The smallest absolute Gasteiger partial charge is 0.223 e. The van der Waals surface area contributed by atoms with E-state index in [1.54, 1.807) is 24.3 Å². The fraction of sp³-hybridized carbons (Fsp3) is 0.462. The van der Waals surface area contributed by atoms with Gasteiger partial charge in [0.15, 0.2) is 0 Å². The molecule has 0 radical (unpaired) electrons. The fourth-order valence-electron chi connectivity index (χ4n) is 1.53. The van der Waals surface area contributed by atoms with E-state index in [4.69, 9.17) is 10.8 Å². The van der Waals surface area contributed by atoms with Gasteiger partial charge in [0, 0.05) is 12.5 Å². The number of benzene rings is 1. The summed E-state index contributed by atoms with van der Waals surface area (Å²) in [5.41, 5.74) is 6.37. The van der Waals surface area contributed by atoms with Gasteiger partial charge in [-0.25, -0.2) is 0 Å². The minimum Gasteiger partial charge on any atom is -0.508 e. The molecule has 0 aromatic heterocycles. The molecule has 0 saturated carbocycles. The molecule has 1 atom stereocenters. The van der Waals surface area contributed by atoms with Crippen LogP contribution in [0.4, 0.5) is 0 Å². The van der Waals surface area contributed by atoms with Crippen molar-refractivity contribution in [2.45, 2.75) is 26.3 Å². The van der Waals surface area contributed by atoms with Gasteiger partial charge in [-0.15, -0.1) is 0 Å². The molecule has 94 valence electrons. The van der Waals surface area contributed by atoms with Crippen LogP contribution in [0.5, 0.6) is 5.75 Å². The first-order chi connectivity index (χ1) is 8.13. The van der Waals surface area contributed by atoms with E-state index in [1.807, 2.05) is 6.92 Å². The molecule has 4 N–H and O–H groups in total. The quantitative estimate of drug-likeness (QED) is 0.698. The van der Waals surface area contributed by atoms with E-state index in [2.05, 4.69) is 5.32 Å². The fourth-order valence-corrected chi connectivity index (χ4v) is 1.53. The Morgan fingerprint density at radius 1 is 1.41 bits per heavy atom. The van der Waals surface area contributed by atoms with Gasteiger partial charge in [0.1, 0.15) is 5.75 Å². The highest BCUT2D eigenvalue weighted by Gasteiger charge is 2.11. The molecule has 0 fully saturated rings. The van der Waals surface area contributed by atoms with Gasteiger partial charge in [0.25, 0.3) is 0 Å². The number of aromatic hydroxyl groups is 1. The minimum atomic E-state index is -0.00401. The molecule has 1 unspecified atom stereocenters. The molecule has 0 heterocycles. The average Bonchev–Trinajstić information content (AvgIpc) is 2.34. The summed E-state index contributed by atoms with van der Waals surface area (Å²) in [4.78, 5) is 11.7. The van der Waals surface area contributed by atoms with E-state index in [0.717, 1.165) is 18.4 Å². The van der Waals surface area contributed by atoms with Crippen molar-refractivity contribution in [1.82, 2.24) is 5.32 Å². The largest absolute Gasteiger partial charge is 0.508 e. The number of carbonyl (C=O) groups is 1. The Kier molecular flexibility index (Phi) is 5.49. The van der Waals surface area contributed by atoms with Crippen LogP contribution in [0.3, 0.4) is 0 Å². The summed E-state index contributed by atoms with van der Waals surface area (Å²) in [7, 11) is 0. The summed E-state index contributed by atoms with van der Waals surface area (Å²) in [6.45, 7) is 3.02. The molecule has 0 bridgehead atoms. The monoisotopic (exact) mass is 236 g/mol. The molecule has 0 saturated heterocycles. The molecule has 1 amide bonds. The van der Waals surface area contributed by atoms with Gasteiger partial charge in [-0.05, 0) is 37.1 Å². The Bertz CT molecular complexity index is 349. The molecular weight excluding hydrogens is 216 g/mol. The standard InChI is InChI=1S/C13H20N2O2/c1-10(3-2-8-14)13(17)15-9-11-4-6-12(16)7-5-11/h4-7,10,16H,2-3,8-9,14H2,1H3,(H,15,17). The zero-order valence-electron chi connectivity index (χ0n) is 10.1. The molecular formula is C13H20N2O2. The molecule has 0 aliphatic heterocycles. The highest BCUT2D eigenvalue weighted by molar-refractivity contribution is 5.78. The first-order valence-electron chi connectivity index (χ1n) is 5.89. The Morgan fingerprint density at radius 3 is 2.65 bits per heavy atom. The van der Waals surface area contributed by atoms with Gasteiger partial charge >= 0.3 is 0 Å². The maximum atomic E-state index is 11.7. The third-order valence-electron chi connectivity index (χ3n) is 2.69. The maximum absolute atomic E-state index is 11.7. The normalized spacial score (nSPS) is 12.1. The second-order valence-corrected chi connectivity index (χ2v) is 4.22. The summed E-state index contributed by atoms with van der Waals surface area (Å²) in [5.74, 6) is 0.276. The van der Waals surface area contributed by atoms with Crippen LogP contribution in [0.25, 0.3) is 0 Å². The molecule has 0 spiro atoms. The topological polar surface area (TPSA) is 75.4 Å². The zero-order chi connectivity index (χ0) is 12.7. The van der Waals surface area contributed by atoms with Crippen molar-refractivity contribution in [3.63, 3.8) is 0 Å². The van der Waals surface area contributed by atoms with E-state index in [0.29, 0.717) is 13.1 Å². The van der Waals surface area contributed by atoms with Gasteiger partial charge in [-0.2, -0.15) is 0 Å². The van der Waals surface area contributed by atoms with Crippen molar-refractivity contribution >= 4 is 5.91 Å². The second-order valence-electron chi connectivity index (χ2n) is 4.22. The summed E-state index contributed by atoms with van der Waals surface area (Å²) < 4.78 is 0. The zero-order valence-corrected chi connectivity index (χ0v) is 10.1. The predicted molar refractivity (Wildman–Crippen MR) is 67.4 cm³/mol. The van der Waals surface area contributed by atoms with E-state index in [9.17, 15) is 4.79 Å². The van der Waals surface area contributed by atoms with Crippen LogP contribution < -0.4 is 11.1 Å². The van der Waals surface area contributed by atoms with Crippen LogP contribution in [-0.2, 0) is 11.3 Å². The Hall–Kier alpha value is -1.55. The van der Waals surface area contributed by atoms with Gasteiger partial charge < -0.3 is 16.2 Å². The SMILES string of the molecule is CC(CCCN)C(=O)NCc1ccc(O)cc1. The number of phenolic OH excluding ortho intramolecular Hbond substituents is 1. The summed E-state index contributed by atoms with van der Waals surface area (Å²) in [6, 6.07) is 6.80. The van der Waals surface area contributed by atoms with Gasteiger partial charge in [0.2, 0.25) is 5.91 Å². The lowest BCUT2D eigenvalue weighted by Crippen LogP contribution is -2.29. The molecule has 4 heteroatoms. The van der Waals surface area contributed by atoms with Crippen molar-refractivity contribution in [1.29, 1.82) is 0 Å². The van der Waals surface area contributed by atoms with E-state index in [1.165, 1.54) is 0 Å². The number of rotatable bonds is 6. The third kappa shape index (κ3) is 4.87. The molecule has 0 aliphatic rings. The highest BCUT2D eigenvalue weighted by Crippen LogP contribution is 2.10. The molecule has 1 aromatic carbocycles. The number of phenols is 1. The summed E-state index contributed by atoms with van der Waals surface area (Å²) in [5, 5.41) is 12.0. The maximum Gasteiger partial charge on any atom is 0.223 e. The molecule has 1 aromatic rings. The minimum absolute atomic E-state index is 0.00401. The highest BCUT2D eigenvalue weighted by atomic mass is 16.3. The van der Waals surface area contributed by atoms with Crippen LogP contribution in [-0.4, -0.2) is 17.6 Å².